The Balaban J connectivity index is 1.43. The molecule has 0 saturated heterocycles. The predicted molar refractivity (Wildman–Crippen MR) is 101 cm³/mol. The Labute approximate surface area is 154 Å². The third kappa shape index (κ3) is 4.80. The average Bonchev–Trinajstić information content (AvgIpc) is 3.31. The highest BCUT2D eigenvalue weighted by Crippen LogP contribution is 2.27. The number of aromatic nitrogens is 1. The van der Waals surface area contributed by atoms with E-state index in [4.69, 9.17) is 9.47 Å². The second-order valence-corrected chi connectivity index (χ2v) is 6.83. The van der Waals surface area contributed by atoms with Crippen molar-refractivity contribution in [1.82, 2.24) is 10.3 Å². The van der Waals surface area contributed by atoms with Gasteiger partial charge < -0.3 is 14.8 Å². The van der Waals surface area contributed by atoms with Crippen molar-refractivity contribution < 1.29 is 14.3 Å². The first-order valence-electron chi connectivity index (χ1n) is 7.89. The molecule has 0 bridgehead atoms. The van der Waals surface area contributed by atoms with Crippen LogP contribution in [0.1, 0.15) is 17.4 Å². The van der Waals surface area contributed by atoms with Crippen molar-refractivity contribution >= 4 is 28.6 Å². The van der Waals surface area contributed by atoms with Crippen LogP contribution < -0.4 is 14.8 Å². The molecule has 1 amide bonds. The number of carbonyl (C=O) groups is 1. The molecular formula is C18H18N2O3S2. The molecule has 3 rings (SSSR count). The zero-order valence-corrected chi connectivity index (χ0v) is 15.4. The van der Waals surface area contributed by atoms with Crippen molar-refractivity contribution in [1.29, 1.82) is 0 Å². The molecule has 7 heteroatoms. The van der Waals surface area contributed by atoms with Crippen LogP contribution in [0.2, 0.25) is 0 Å². The largest absolute Gasteiger partial charge is 0.494 e. The van der Waals surface area contributed by atoms with E-state index in [1.54, 1.807) is 16.7 Å². The van der Waals surface area contributed by atoms with Gasteiger partial charge in [0.15, 0.2) is 0 Å². The Morgan fingerprint density at radius 1 is 1.12 bits per heavy atom. The lowest BCUT2D eigenvalue weighted by Gasteiger charge is -2.08. The van der Waals surface area contributed by atoms with Crippen molar-refractivity contribution in [3.8, 4) is 21.4 Å². The van der Waals surface area contributed by atoms with Crippen LogP contribution in [0.15, 0.2) is 47.2 Å². The van der Waals surface area contributed by atoms with E-state index in [0.717, 1.165) is 21.4 Å². The zero-order chi connectivity index (χ0) is 17.5. The molecule has 0 saturated carbocycles. The molecule has 0 spiro atoms. The van der Waals surface area contributed by atoms with Crippen molar-refractivity contribution in [2.24, 2.45) is 0 Å². The fraction of sp³-hybridized carbons (Fsp3) is 0.222. The first-order valence-corrected chi connectivity index (χ1v) is 9.65. The molecule has 2 heterocycles. The van der Waals surface area contributed by atoms with E-state index < -0.39 is 0 Å². The number of amides is 1. The number of nitrogens with zero attached hydrogens (tertiary/aromatic N) is 1. The second kappa shape index (κ2) is 8.64. The third-order valence-corrected chi connectivity index (χ3v) is 5.14. The number of rotatable bonds is 8. The van der Waals surface area contributed by atoms with Crippen LogP contribution in [0, 0.1) is 0 Å². The minimum absolute atomic E-state index is 0.186. The lowest BCUT2D eigenvalue weighted by atomic mass is 10.3. The molecule has 0 radical (unpaired) electrons. The molecule has 0 fully saturated rings. The van der Waals surface area contributed by atoms with E-state index >= 15 is 0 Å². The van der Waals surface area contributed by atoms with Gasteiger partial charge in [-0.15, -0.1) is 22.7 Å². The highest BCUT2D eigenvalue weighted by molar-refractivity contribution is 7.20. The molecule has 0 aliphatic carbocycles. The zero-order valence-electron chi connectivity index (χ0n) is 13.7. The summed E-state index contributed by atoms with van der Waals surface area (Å²) in [6.45, 7) is 3.38. The van der Waals surface area contributed by atoms with Crippen LogP contribution in [0.3, 0.4) is 0 Å². The standard InChI is InChI=1S/C18H18N2O3S2/c1-2-22-13-5-7-14(8-6-13)23-10-9-19-17(21)15-12-25-18(20-15)16-4-3-11-24-16/h3-8,11-12H,2,9-10H2,1H3,(H,19,21). The molecule has 1 N–H and O–H groups in total. The first-order chi connectivity index (χ1) is 12.3. The van der Waals surface area contributed by atoms with E-state index in [0.29, 0.717) is 25.5 Å². The Kier molecular flexibility index (Phi) is 6.03. The highest BCUT2D eigenvalue weighted by atomic mass is 32.1. The highest BCUT2D eigenvalue weighted by Gasteiger charge is 2.11. The van der Waals surface area contributed by atoms with E-state index in [1.807, 2.05) is 48.7 Å². The van der Waals surface area contributed by atoms with Gasteiger partial charge in [-0.1, -0.05) is 6.07 Å². The summed E-state index contributed by atoms with van der Waals surface area (Å²) < 4.78 is 11.0. The quantitative estimate of drug-likeness (QED) is 0.604. The number of hydrogen-bond donors (Lipinski definition) is 1. The monoisotopic (exact) mass is 374 g/mol. The van der Waals surface area contributed by atoms with Crippen LogP contribution in [0.5, 0.6) is 11.5 Å². The van der Waals surface area contributed by atoms with Crippen molar-refractivity contribution in [3.05, 3.63) is 52.9 Å². The summed E-state index contributed by atoms with van der Waals surface area (Å²) in [6.07, 6.45) is 0. The number of thiophene rings is 1. The van der Waals surface area contributed by atoms with Gasteiger partial charge in [0.2, 0.25) is 0 Å². The van der Waals surface area contributed by atoms with Gasteiger partial charge in [0, 0.05) is 5.38 Å². The van der Waals surface area contributed by atoms with Gasteiger partial charge in [-0.3, -0.25) is 4.79 Å². The third-order valence-electron chi connectivity index (χ3n) is 3.26. The van der Waals surface area contributed by atoms with Gasteiger partial charge in [-0.05, 0) is 42.6 Å². The van der Waals surface area contributed by atoms with Gasteiger partial charge in [-0.25, -0.2) is 4.98 Å². The number of nitrogens with one attached hydrogen (secondary N) is 1. The summed E-state index contributed by atoms with van der Waals surface area (Å²) in [5, 5.41) is 7.46. The summed E-state index contributed by atoms with van der Waals surface area (Å²) in [5.74, 6) is 1.37. The summed E-state index contributed by atoms with van der Waals surface area (Å²) in [4.78, 5) is 17.6. The molecule has 25 heavy (non-hydrogen) atoms. The molecular weight excluding hydrogens is 356 g/mol. The van der Waals surface area contributed by atoms with E-state index in [9.17, 15) is 4.79 Å². The van der Waals surface area contributed by atoms with Crippen molar-refractivity contribution in [2.45, 2.75) is 6.92 Å². The first kappa shape index (κ1) is 17.4. The van der Waals surface area contributed by atoms with Gasteiger partial charge in [0.1, 0.15) is 28.8 Å². The Bertz CT molecular complexity index is 798. The Morgan fingerprint density at radius 2 is 1.88 bits per heavy atom. The van der Waals surface area contributed by atoms with E-state index in [1.165, 1.54) is 11.3 Å². The second-order valence-electron chi connectivity index (χ2n) is 5.02. The average molecular weight is 374 g/mol. The maximum Gasteiger partial charge on any atom is 0.270 e. The fourth-order valence-corrected chi connectivity index (χ4v) is 3.73. The van der Waals surface area contributed by atoms with Gasteiger partial charge in [-0.2, -0.15) is 0 Å². The maximum atomic E-state index is 12.1. The molecule has 0 unspecified atom stereocenters. The molecule has 5 nitrogen and oxygen atoms in total. The number of thiazole rings is 1. The fourth-order valence-electron chi connectivity index (χ4n) is 2.11. The number of benzene rings is 1. The molecule has 130 valence electrons. The van der Waals surface area contributed by atoms with Gasteiger partial charge in [0.05, 0.1) is 18.0 Å². The van der Waals surface area contributed by atoms with Gasteiger partial charge >= 0.3 is 0 Å². The minimum atomic E-state index is -0.186. The van der Waals surface area contributed by atoms with E-state index in [2.05, 4.69) is 10.3 Å². The number of carbonyl (C=O) groups excluding carboxylic acids is 1. The topological polar surface area (TPSA) is 60.5 Å². The summed E-state index contributed by atoms with van der Waals surface area (Å²) in [5.41, 5.74) is 0.439. The van der Waals surface area contributed by atoms with Crippen molar-refractivity contribution in [3.63, 3.8) is 0 Å². The predicted octanol–water partition coefficient (Wildman–Crippen LogP) is 4.08. The Hall–Kier alpha value is -2.38. The minimum Gasteiger partial charge on any atom is -0.494 e. The molecule has 2 aromatic heterocycles. The lowest BCUT2D eigenvalue weighted by molar-refractivity contribution is 0.0943. The number of hydrogen-bond acceptors (Lipinski definition) is 6. The molecule has 0 aliphatic heterocycles. The van der Waals surface area contributed by atoms with E-state index in [-0.39, 0.29) is 5.91 Å². The number of ether oxygens (including phenoxy) is 2. The smallest absolute Gasteiger partial charge is 0.270 e. The summed E-state index contributed by atoms with van der Waals surface area (Å²) >= 11 is 3.08. The summed E-state index contributed by atoms with van der Waals surface area (Å²) in [6, 6.07) is 11.4. The maximum absolute atomic E-state index is 12.1. The van der Waals surface area contributed by atoms with Crippen LogP contribution in [0.4, 0.5) is 0 Å². The van der Waals surface area contributed by atoms with Crippen LogP contribution >= 0.6 is 22.7 Å². The van der Waals surface area contributed by atoms with Crippen LogP contribution in [0.25, 0.3) is 9.88 Å². The lowest BCUT2D eigenvalue weighted by Crippen LogP contribution is -2.28. The van der Waals surface area contributed by atoms with Gasteiger partial charge in [0.25, 0.3) is 5.91 Å². The van der Waals surface area contributed by atoms with Crippen LogP contribution in [-0.4, -0.2) is 30.6 Å². The molecule has 1 aromatic carbocycles. The molecule has 0 atom stereocenters. The summed E-state index contributed by atoms with van der Waals surface area (Å²) in [7, 11) is 0. The Morgan fingerprint density at radius 3 is 2.56 bits per heavy atom. The SMILES string of the molecule is CCOc1ccc(OCCNC(=O)c2csc(-c3cccs3)n2)cc1. The molecule has 3 aromatic rings. The van der Waals surface area contributed by atoms with Crippen LogP contribution in [-0.2, 0) is 0 Å². The molecule has 0 aliphatic rings. The normalized spacial score (nSPS) is 10.4. The van der Waals surface area contributed by atoms with Crippen molar-refractivity contribution in [2.75, 3.05) is 19.8 Å².